The number of esters is 1. The van der Waals surface area contributed by atoms with Crippen LogP contribution in [0.25, 0.3) is 0 Å². The van der Waals surface area contributed by atoms with Gasteiger partial charge in [-0.1, -0.05) is 35.3 Å². The van der Waals surface area contributed by atoms with Crippen molar-refractivity contribution in [2.45, 2.75) is 19.4 Å². The maximum absolute atomic E-state index is 13.2. The van der Waals surface area contributed by atoms with Gasteiger partial charge >= 0.3 is 12.0 Å². The minimum absolute atomic E-state index is 0.00717. The Morgan fingerprint density at radius 2 is 1.79 bits per heavy atom. The van der Waals surface area contributed by atoms with Gasteiger partial charge in [0.25, 0.3) is 5.91 Å². The van der Waals surface area contributed by atoms with Gasteiger partial charge in [0, 0.05) is 6.54 Å². The molecule has 0 spiro atoms. The number of imide groups is 1. The van der Waals surface area contributed by atoms with Gasteiger partial charge in [-0.3, -0.25) is 9.59 Å². The minimum atomic E-state index is -0.952. The van der Waals surface area contributed by atoms with Gasteiger partial charge in [0.15, 0.2) is 0 Å². The summed E-state index contributed by atoms with van der Waals surface area (Å²) in [5.74, 6) is -0.932. The monoisotopic (exact) mass is 436 g/mol. The van der Waals surface area contributed by atoms with Crippen LogP contribution in [0.3, 0.4) is 0 Å². The molecule has 1 unspecified atom stereocenters. The molecule has 0 bridgehead atoms. The lowest BCUT2D eigenvalue weighted by molar-refractivity contribution is -0.143. The van der Waals surface area contributed by atoms with Gasteiger partial charge in [0.1, 0.15) is 11.8 Å². The third-order valence-corrected chi connectivity index (χ3v) is 5.17. The normalized spacial score (nSPS) is 16.4. The number of hydrogen-bond acceptors (Lipinski definition) is 5. The van der Waals surface area contributed by atoms with Gasteiger partial charge in [-0.15, -0.1) is 0 Å². The highest BCUT2D eigenvalue weighted by molar-refractivity contribution is 6.42. The van der Waals surface area contributed by atoms with E-state index < -0.39 is 23.9 Å². The number of hydrogen-bond donors (Lipinski definition) is 1. The van der Waals surface area contributed by atoms with Crippen LogP contribution in [0.2, 0.25) is 10.0 Å². The second-order valence-corrected chi connectivity index (χ2v) is 7.11. The number of aromatic hydroxyl groups is 1. The first-order valence-corrected chi connectivity index (χ1v) is 9.63. The largest absolute Gasteiger partial charge is 0.508 e. The number of halogens is 2. The zero-order chi connectivity index (χ0) is 21.1. The Labute approximate surface area is 177 Å². The number of benzene rings is 2. The van der Waals surface area contributed by atoms with E-state index in [-0.39, 0.29) is 36.0 Å². The van der Waals surface area contributed by atoms with Crippen LogP contribution in [0.1, 0.15) is 24.9 Å². The van der Waals surface area contributed by atoms with Gasteiger partial charge in [-0.05, 0) is 42.8 Å². The van der Waals surface area contributed by atoms with Crippen molar-refractivity contribution in [3.05, 3.63) is 58.1 Å². The molecule has 152 valence electrons. The number of carbonyl (C=O) groups is 3. The van der Waals surface area contributed by atoms with Gasteiger partial charge in [-0.25, -0.2) is 9.69 Å². The van der Waals surface area contributed by atoms with E-state index >= 15 is 0 Å². The molecule has 1 N–H and O–H groups in total. The summed E-state index contributed by atoms with van der Waals surface area (Å²) in [6.45, 7) is 1.91. The zero-order valence-electron chi connectivity index (χ0n) is 15.5. The molecule has 9 heteroatoms. The van der Waals surface area contributed by atoms with E-state index in [1.807, 2.05) is 0 Å². The maximum Gasteiger partial charge on any atom is 0.332 e. The quantitative estimate of drug-likeness (QED) is 0.542. The van der Waals surface area contributed by atoms with Crippen molar-refractivity contribution in [1.82, 2.24) is 4.90 Å². The zero-order valence-corrected chi connectivity index (χ0v) is 17.0. The average molecular weight is 437 g/mol. The number of urea groups is 1. The van der Waals surface area contributed by atoms with Crippen molar-refractivity contribution < 1.29 is 24.2 Å². The van der Waals surface area contributed by atoms with Crippen molar-refractivity contribution in [2.24, 2.45) is 0 Å². The lowest BCUT2D eigenvalue weighted by atomic mass is 10.1. The predicted octanol–water partition coefficient (Wildman–Crippen LogP) is 4.16. The Hall–Kier alpha value is -2.77. The molecule has 1 aliphatic rings. The lowest BCUT2D eigenvalue weighted by Crippen LogP contribution is -2.34. The summed E-state index contributed by atoms with van der Waals surface area (Å²) in [7, 11) is 0. The van der Waals surface area contributed by atoms with Crippen LogP contribution in [-0.2, 0) is 14.3 Å². The number of rotatable bonds is 6. The summed E-state index contributed by atoms with van der Waals surface area (Å²) >= 11 is 12.0. The second kappa shape index (κ2) is 8.71. The molecule has 3 rings (SSSR count). The van der Waals surface area contributed by atoms with Crippen molar-refractivity contribution in [3.63, 3.8) is 0 Å². The number of ether oxygens (including phenoxy) is 1. The Morgan fingerprint density at radius 1 is 1.10 bits per heavy atom. The molecular weight excluding hydrogens is 419 g/mol. The summed E-state index contributed by atoms with van der Waals surface area (Å²) < 4.78 is 4.92. The molecule has 7 nitrogen and oxygen atoms in total. The molecule has 0 aliphatic carbocycles. The molecule has 1 heterocycles. The molecule has 2 aromatic rings. The topological polar surface area (TPSA) is 87.2 Å². The van der Waals surface area contributed by atoms with Crippen molar-refractivity contribution in [1.29, 1.82) is 0 Å². The number of nitrogens with zero attached hydrogens (tertiary/aromatic N) is 2. The minimum Gasteiger partial charge on any atom is -0.508 e. The van der Waals surface area contributed by atoms with E-state index in [9.17, 15) is 19.5 Å². The molecule has 0 radical (unpaired) electrons. The standard InChI is InChI=1S/C20H18Cl2N2O5/c1-2-29-17(26)9-10-23-18(12-3-6-14(25)7-4-12)19(27)24(20(23)28)13-5-8-15(21)16(22)11-13/h3-8,11,18,25H,2,9-10H2,1H3. The summed E-state index contributed by atoms with van der Waals surface area (Å²) in [4.78, 5) is 40.4. The van der Waals surface area contributed by atoms with Crippen LogP contribution in [0.15, 0.2) is 42.5 Å². The van der Waals surface area contributed by atoms with E-state index in [2.05, 4.69) is 0 Å². The fraction of sp³-hybridized carbons (Fsp3) is 0.250. The van der Waals surface area contributed by atoms with Crippen LogP contribution in [0.5, 0.6) is 5.75 Å². The average Bonchev–Trinajstić information content (AvgIpc) is 2.93. The Balaban J connectivity index is 1.97. The molecule has 1 atom stereocenters. The third-order valence-electron chi connectivity index (χ3n) is 4.44. The van der Waals surface area contributed by atoms with Gasteiger partial charge in [-0.2, -0.15) is 0 Å². The number of amides is 3. The Morgan fingerprint density at radius 3 is 2.41 bits per heavy atom. The highest BCUT2D eigenvalue weighted by Gasteiger charge is 2.46. The van der Waals surface area contributed by atoms with Crippen LogP contribution >= 0.6 is 23.2 Å². The maximum atomic E-state index is 13.2. The van der Waals surface area contributed by atoms with E-state index in [4.69, 9.17) is 27.9 Å². The number of carbonyl (C=O) groups excluding carboxylic acids is 3. The molecule has 1 aliphatic heterocycles. The fourth-order valence-corrected chi connectivity index (χ4v) is 3.39. The SMILES string of the molecule is CCOC(=O)CCN1C(=O)N(c2ccc(Cl)c(Cl)c2)C(=O)C1c1ccc(O)cc1. The highest BCUT2D eigenvalue weighted by atomic mass is 35.5. The fourth-order valence-electron chi connectivity index (χ4n) is 3.10. The molecule has 1 saturated heterocycles. The van der Waals surface area contributed by atoms with E-state index in [1.54, 1.807) is 19.1 Å². The number of anilines is 1. The molecular formula is C20H18Cl2N2O5. The van der Waals surface area contributed by atoms with Crippen LogP contribution < -0.4 is 4.90 Å². The molecule has 29 heavy (non-hydrogen) atoms. The van der Waals surface area contributed by atoms with E-state index in [0.29, 0.717) is 10.6 Å². The van der Waals surface area contributed by atoms with Crippen LogP contribution in [0.4, 0.5) is 10.5 Å². The van der Waals surface area contributed by atoms with Gasteiger partial charge < -0.3 is 14.7 Å². The van der Waals surface area contributed by atoms with Gasteiger partial charge in [0.2, 0.25) is 0 Å². The number of phenolic OH excluding ortho intramolecular Hbond substituents is 1. The Bertz CT molecular complexity index is 948. The first-order valence-electron chi connectivity index (χ1n) is 8.87. The first kappa shape index (κ1) is 21.0. The lowest BCUT2D eigenvalue weighted by Gasteiger charge is -2.21. The molecule has 3 amide bonds. The first-order chi connectivity index (χ1) is 13.8. The second-order valence-electron chi connectivity index (χ2n) is 6.30. The van der Waals surface area contributed by atoms with E-state index in [0.717, 1.165) is 4.90 Å². The van der Waals surface area contributed by atoms with Crippen LogP contribution in [0, 0.1) is 0 Å². The smallest absolute Gasteiger partial charge is 0.332 e. The van der Waals surface area contributed by atoms with Crippen molar-refractivity contribution in [3.8, 4) is 5.75 Å². The molecule has 1 fully saturated rings. The highest BCUT2D eigenvalue weighted by Crippen LogP contribution is 2.37. The summed E-state index contributed by atoms with van der Waals surface area (Å²) in [5, 5.41) is 10.0. The summed E-state index contributed by atoms with van der Waals surface area (Å²) in [6.07, 6.45) is -0.0589. The van der Waals surface area contributed by atoms with Gasteiger partial charge in [0.05, 0.1) is 28.8 Å². The molecule has 2 aromatic carbocycles. The predicted molar refractivity (Wildman–Crippen MR) is 108 cm³/mol. The van der Waals surface area contributed by atoms with Crippen molar-refractivity contribution in [2.75, 3.05) is 18.1 Å². The van der Waals surface area contributed by atoms with Crippen molar-refractivity contribution >= 4 is 46.8 Å². The van der Waals surface area contributed by atoms with Crippen LogP contribution in [-0.4, -0.2) is 41.1 Å². The summed E-state index contributed by atoms with van der Waals surface area (Å²) in [5.41, 5.74) is 0.782. The molecule has 0 aromatic heterocycles. The summed E-state index contributed by atoms with van der Waals surface area (Å²) in [6, 6.07) is 8.88. The Kier molecular flexibility index (Phi) is 6.30. The molecule has 0 saturated carbocycles. The van der Waals surface area contributed by atoms with E-state index in [1.165, 1.54) is 35.2 Å². The number of phenols is 1. The third kappa shape index (κ3) is 4.31.